The highest BCUT2D eigenvalue weighted by atomic mass is 79.9. The van der Waals surface area contributed by atoms with Crippen LogP contribution in [0.4, 0.5) is 5.69 Å². The molecule has 180 valence electrons. The summed E-state index contributed by atoms with van der Waals surface area (Å²) in [5.41, 5.74) is 2.28. The summed E-state index contributed by atoms with van der Waals surface area (Å²) in [5.74, 6) is -4.56. The summed E-state index contributed by atoms with van der Waals surface area (Å²) < 4.78 is 11.2. The van der Waals surface area contributed by atoms with Gasteiger partial charge >= 0.3 is 17.9 Å². The fourth-order valence-electron chi connectivity index (χ4n) is 2.99. The first-order chi connectivity index (χ1) is 16.6. The van der Waals surface area contributed by atoms with Gasteiger partial charge in [-0.15, -0.1) is 0 Å². The van der Waals surface area contributed by atoms with Gasteiger partial charge in [0.1, 0.15) is 0 Å². The Morgan fingerprint density at radius 1 is 0.714 bits per heavy atom. The number of halogens is 1. The Balaban J connectivity index is 1.90. The molecule has 2 atom stereocenters. The first kappa shape index (κ1) is 25.6. The van der Waals surface area contributed by atoms with Crippen molar-refractivity contribution in [2.75, 3.05) is 5.32 Å². The predicted octanol–water partition coefficient (Wildman–Crippen LogP) is 4.54. The van der Waals surface area contributed by atoms with Crippen molar-refractivity contribution in [2.24, 2.45) is 0 Å². The summed E-state index contributed by atoms with van der Waals surface area (Å²) in [6, 6.07) is 19.0. The molecule has 3 rings (SSSR count). The Hall–Kier alpha value is -3.98. The van der Waals surface area contributed by atoms with Crippen molar-refractivity contribution in [2.45, 2.75) is 26.1 Å². The maximum absolute atomic E-state index is 13.1. The lowest BCUT2D eigenvalue weighted by Gasteiger charge is -2.23. The van der Waals surface area contributed by atoms with Crippen molar-refractivity contribution >= 4 is 45.4 Å². The Morgan fingerprint density at radius 2 is 1.14 bits per heavy atom. The van der Waals surface area contributed by atoms with Gasteiger partial charge in [0.2, 0.25) is 12.2 Å². The highest BCUT2D eigenvalue weighted by Gasteiger charge is 2.41. The normalized spacial score (nSPS) is 12.2. The zero-order chi connectivity index (χ0) is 25.5. The van der Waals surface area contributed by atoms with Gasteiger partial charge in [-0.05, 0) is 62.4 Å². The van der Waals surface area contributed by atoms with E-state index in [1.165, 1.54) is 24.3 Å². The van der Waals surface area contributed by atoms with Crippen molar-refractivity contribution in [3.8, 4) is 0 Å². The van der Waals surface area contributed by atoms with Gasteiger partial charge in [-0.2, -0.15) is 0 Å². The van der Waals surface area contributed by atoms with Crippen LogP contribution in [-0.2, 0) is 19.1 Å². The molecule has 1 amide bonds. The number of benzene rings is 3. The highest BCUT2D eigenvalue weighted by molar-refractivity contribution is 9.10. The van der Waals surface area contributed by atoms with E-state index < -0.39 is 36.0 Å². The molecule has 0 unspecified atom stereocenters. The average molecular weight is 540 g/mol. The number of aliphatic carboxylic acids is 1. The quantitative estimate of drug-likeness (QED) is 0.403. The molecule has 0 aromatic heterocycles. The molecule has 0 aliphatic carbocycles. The number of nitrogens with one attached hydrogen (secondary N) is 1. The number of carbonyl (C=O) groups is 4. The van der Waals surface area contributed by atoms with E-state index in [1.54, 1.807) is 48.5 Å². The number of hydrogen-bond donors (Lipinski definition) is 2. The van der Waals surface area contributed by atoms with Crippen LogP contribution in [0.3, 0.4) is 0 Å². The van der Waals surface area contributed by atoms with E-state index in [0.29, 0.717) is 5.69 Å². The van der Waals surface area contributed by atoms with Crippen LogP contribution in [0.1, 0.15) is 31.8 Å². The topological polar surface area (TPSA) is 119 Å². The van der Waals surface area contributed by atoms with E-state index in [-0.39, 0.29) is 11.1 Å². The summed E-state index contributed by atoms with van der Waals surface area (Å²) in [4.78, 5) is 50.5. The van der Waals surface area contributed by atoms with Crippen molar-refractivity contribution in [1.82, 2.24) is 0 Å². The lowest BCUT2D eigenvalue weighted by molar-refractivity contribution is -0.157. The maximum Gasteiger partial charge on any atom is 0.349 e. The zero-order valence-corrected chi connectivity index (χ0v) is 20.4. The van der Waals surface area contributed by atoms with E-state index in [0.717, 1.165) is 15.6 Å². The summed E-state index contributed by atoms with van der Waals surface area (Å²) in [7, 11) is 0. The van der Waals surface area contributed by atoms with Gasteiger partial charge in [-0.25, -0.2) is 14.4 Å². The minimum atomic E-state index is -2.10. The third-order valence-corrected chi connectivity index (χ3v) is 5.46. The predicted molar refractivity (Wildman–Crippen MR) is 131 cm³/mol. The van der Waals surface area contributed by atoms with Gasteiger partial charge in [-0.1, -0.05) is 51.3 Å². The van der Waals surface area contributed by atoms with Crippen molar-refractivity contribution < 1.29 is 33.8 Å². The molecule has 0 aliphatic heterocycles. The first-order valence-electron chi connectivity index (χ1n) is 10.5. The maximum atomic E-state index is 13.1. The Bertz CT molecular complexity index is 1220. The van der Waals surface area contributed by atoms with Gasteiger partial charge in [0, 0.05) is 10.2 Å². The number of carbonyl (C=O) groups excluding carboxylic acids is 3. The molecular formula is C26H22BrNO7. The minimum absolute atomic E-state index is 0.0822. The Morgan fingerprint density at radius 3 is 1.57 bits per heavy atom. The molecule has 2 N–H and O–H groups in total. The lowest BCUT2D eigenvalue weighted by atomic mass is 10.1. The zero-order valence-electron chi connectivity index (χ0n) is 18.9. The Labute approximate surface area is 210 Å². The second-order valence-corrected chi connectivity index (χ2v) is 8.63. The first-order valence-corrected chi connectivity index (χ1v) is 11.3. The van der Waals surface area contributed by atoms with Crippen molar-refractivity contribution in [3.05, 3.63) is 99.5 Å². The molecule has 0 heterocycles. The van der Waals surface area contributed by atoms with Gasteiger partial charge < -0.3 is 19.9 Å². The van der Waals surface area contributed by atoms with Crippen molar-refractivity contribution in [3.63, 3.8) is 0 Å². The molecule has 0 fully saturated rings. The molecular weight excluding hydrogens is 518 g/mol. The van der Waals surface area contributed by atoms with Crippen LogP contribution in [0, 0.1) is 13.8 Å². The number of amides is 1. The number of carboxylic acids is 1. The van der Waals surface area contributed by atoms with Crippen LogP contribution in [0.5, 0.6) is 0 Å². The van der Waals surface area contributed by atoms with Crippen LogP contribution in [0.2, 0.25) is 0 Å². The largest absolute Gasteiger partial charge is 0.478 e. The number of hydrogen-bond acceptors (Lipinski definition) is 6. The molecule has 35 heavy (non-hydrogen) atoms. The molecule has 8 nitrogen and oxygen atoms in total. The molecule has 0 saturated heterocycles. The van der Waals surface area contributed by atoms with E-state index in [9.17, 15) is 24.3 Å². The monoisotopic (exact) mass is 539 g/mol. The van der Waals surface area contributed by atoms with Gasteiger partial charge in [0.05, 0.1) is 11.1 Å². The third-order valence-electron chi connectivity index (χ3n) is 4.93. The molecule has 3 aromatic rings. The second-order valence-electron chi connectivity index (χ2n) is 7.72. The highest BCUT2D eigenvalue weighted by Crippen LogP contribution is 2.18. The number of ether oxygens (including phenoxy) is 2. The van der Waals surface area contributed by atoms with Gasteiger partial charge in [0.15, 0.2) is 0 Å². The molecule has 0 saturated carbocycles. The summed E-state index contributed by atoms with van der Waals surface area (Å²) >= 11 is 3.28. The summed E-state index contributed by atoms with van der Waals surface area (Å²) in [6.45, 7) is 3.65. The number of rotatable bonds is 8. The number of esters is 2. The van der Waals surface area contributed by atoms with Crippen LogP contribution in [0.15, 0.2) is 77.3 Å². The third kappa shape index (κ3) is 7.00. The second kappa shape index (κ2) is 11.4. The molecule has 0 spiro atoms. The summed E-state index contributed by atoms with van der Waals surface area (Å²) in [5, 5.41) is 12.3. The van der Waals surface area contributed by atoms with Crippen LogP contribution < -0.4 is 5.32 Å². The standard InChI is InChI=1S/C26H22BrNO7/c1-15-3-7-17(8-4-15)25(32)34-21(23(29)28-20-13-11-19(27)12-14-20)22(24(30)31)35-26(33)18-9-5-16(2)6-10-18/h3-14,21-22H,1-2H3,(H,28,29)(H,30,31)/t21-,22-/m0/s1. The lowest BCUT2D eigenvalue weighted by Crippen LogP contribution is -2.48. The van der Waals surface area contributed by atoms with Crippen LogP contribution >= 0.6 is 15.9 Å². The fourth-order valence-corrected chi connectivity index (χ4v) is 3.25. The van der Waals surface area contributed by atoms with E-state index >= 15 is 0 Å². The molecule has 3 aromatic carbocycles. The molecule has 0 aliphatic rings. The Kier molecular flexibility index (Phi) is 8.38. The van der Waals surface area contributed by atoms with Gasteiger partial charge in [0.25, 0.3) is 5.91 Å². The minimum Gasteiger partial charge on any atom is -0.478 e. The van der Waals surface area contributed by atoms with Crippen LogP contribution in [-0.4, -0.2) is 41.1 Å². The van der Waals surface area contributed by atoms with E-state index in [2.05, 4.69) is 21.2 Å². The SMILES string of the molecule is Cc1ccc(C(=O)O[C@H](C(=O)O)[C@H](OC(=O)c2ccc(C)cc2)C(=O)Nc2ccc(Br)cc2)cc1. The number of anilines is 1. The molecule has 0 radical (unpaired) electrons. The smallest absolute Gasteiger partial charge is 0.349 e. The van der Waals surface area contributed by atoms with Crippen LogP contribution in [0.25, 0.3) is 0 Å². The molecule has 9 heteroatoms. The van der Waals surface area contributed by atoms with Crippen molar-refractivity contribution in [1.29, 1.82) is 0 Å². The van der Waals surface area contributed by atoms with Gasteiger partial charge in [-0.3, -0.25) is 4.79 Å². The fraction of sp³-hybridized carbons (Fsp3) is 0.154. The number of aryl methyl sites for hydroxylation is 2. The number of carboxylic acid groups (broad SMARTS) is 1. The molecule has 0 bridgehead atoms. The summed E-state index contributed by atoms with van der Waals surface area (Å²) in [6.07, 6.45) is -4.08. The van der Waals surface area contributed by atoms with E-state index in [1.807, 2.05) is 13.8 Å². The average Bonchev–Trinajstić information content (AvgIpc) is 2.83. The van der Waals surface area contributed by atoms with E-state index in [4.69, 9.17) is 9.47 Å².